The van der Waals surface area contributed by atoms with Gasteiger partial charge in [0.15, 0.2) is 0 Å². The predicted octanol–water partition coefficient (Wildman–Crippen LogP) is 8.70. The van der Waals surface area contributed by atoms with Gasteiger partial charge in [-0.1, -0.05) is 115 Å². The maximum Gasteiger partial charge on any atom is 0.261 e. The summed E-state index contributed by atoms with van der Waals surface area (Å²) in [5.41, 5.74) is 8.87. The van der Waals surface area contributed by atoms with Gasteiger partial charge in [-0.2, -0.15) is 0 Å². The van der Waals surface area contributed by atoms with Crippen LogP contribution >= 0.6 is 0 Å². The van der Waals surface area contributed by atoms with Crippen LogP contribution in [0.2, 0.25) is 0 Å². The molecule has 0 spiro atoms. The molecule has 0 amide bonds. The molecule has 206 valence electrons. The van der Waals surface area contributed by atoms with Gasteiger partial charge in [0.2, 0.25) is 0 Å². The highest BCUT2D eigenvalue weighted by atomic mass is 16.5. The van der Waals surface area contributed by atoms with E-state index in [4.69, 9.17) is 9.47 Å². The Balaban J connectivity index is 1.33. The zero-order valence-electron chi connectivity index (χ0n) is 23.9. The van der Waals surface area contributed by atoms with E-state index in [0.717, 1.165) is 67.5 Å². The lowest BCUT2D eigenvalue weighted by Crippen LogP contribution is -2.57. The lowest BCUT2D eigenvalue weighted by Gasteiger charge is -2.35. The fraction of sp³-hybridized carbons (Fsp3) is 0. The Morgan fingerprint density at radius 1 is 0.455 bits per heavy atom. The average molecular weight is 563 g/mol. The molecule has 0 N–H and O–H groups in total. The third-order valence-electron chi connectivity index (χ3n) is 8.77. The summed E-state index contributed by atoms with van der Waals surface area (Å²) in [5, 5.41) is 2.33. The van der Waals surface area contributed by atoms with Gasteiger partial charge in [0, 0.05) is 33.9 Å². The second kappa shape index (κ2) is 9.93. The molecule has 0 bridgehead atoms. The molecule has 0 aromatic heterocycles. The molecule has 9 rings (SSSR count). The number of hydrogen-bond acceptors (Lipinski definition) is 3. The highest BCUT2D eigenvalue weighted by molar-refractivity contribution is 6.99. The maximum atomic E-state index is 6.82. The fourth-order valence-electron chi connectivity index (χ4n) is 6.91. The first-order chi connectivity index (χ1) is 21.8. The first kappa shape index (κ1) is 24.8. The van der Waals surface area contributed by atoms with Crippen molar-refractivity contribution in [2.75, 3.05) is 4.90 Å². The van der Waals surface area contributed by atoms with E-state index in [1.807, 2.05) is 12.1 Å². The number of nitrogens with zero attached hydrogens (tertiary/aromatic N) is 1. The second-order valence-electron chi connectivity index (χ2n) is 11.3. The highest BCUT2D eigenvalue weighted by Crippen LogP contribution is 2.44. The number of benzene rings is 7. The van der Waals surface area contributed by atoms with E-state index in [1.54, 1.807) is 0 Å². The van der Waals surface area contributed by atoms with Crippen LogP contribution in [0.1, 0.15) is 0 Å². The van der Waals surface area contributed by atoms with Gasteiger partial charge in [-0.3, -0.25) is 0 Å². The Labute approximate surface area is 256 Å². The number of para-hydroxylation sites is 3. The number of hydrogen-bond donors (Lipinski definition) is 0. The van der Waals surface area contributed by atoms with Crippen LogP contribution in [-0.4, -0.2) is 6.71 Å². The van der Waals surface area contributed by atoms with E-state index in [2.05, 4.69) is 150 Å². The first-order valence-corrected chi connectivity index (χ1v) is 15.0. The van der Waals surface area contributed by atoms with Crippen LogP contribution in [0.3, 0.4) is 0 Å². The summed E-state index contributed by atoms with van der Waals surface area (Å²) < 4.78 is 13.5. The van der Waals surface area contributed by atoms with Crippen molar-refractivity contribution in [3.8, 4) is 34.1 Å². The van der Waals surface area contributed by atoms with Crippen LogP contribution in [0.25, 0.3) is 21.9 Å². The maximum absolute atomic E-state index is 6.82. The van der Waals surface area contributed by atoms with Crippen LogP contribution in [0.4, 0.5) is 17.1 Å². The molecule has 7 aromatic carbocycles. The van der Waals surface area contributed by atoms with E-state index in [-0.39, 0.29) is 6.71 Å². The molecule has 0 fully saturated rings. The largest absolute Gasteiger partial charge is 0.458 e. The van der Waals surface area contributed by atoms with E-state index >= 15 is 0 Å². The lowest BCUT2D eigenvalue weighted by molar-refractivity contribution is 0.466. The van der Waals surface area contributed by atoms with E-state index < -0.39 is 0 Å². The smallest absolute Gasteiger partial charge is 0.261 e. The molecule has 0 radical (unpaired) electrons. The zero-order valence-corrected chi connectivity index (χ0v) is 23.9. The molecule has 4 heteroatoms. The average Bonchev–Trinajstić information content (AvgIpc) is 3.09. The molecular formula is C40H26BNO2. The Hall–Kier alpha value is -5.74. The van der Waals surface area contributed by atoms with Crippen LogP contribution in [0.5, 0.6) is 23.0 Å². The number of rotatable bonds is 4. The Morgan fingerprint density at radius 3 is 1.75 bits per heavy atom. The van der Waals surface area contributed by atoms with Crippen molar-refractivity contribution < 1.29 is 9.47 Å². The quantitative estimate of drug-likeness (QED) is 0.200. The Bertz CT molecular complexity index is 2140. The van der Waals surface area contributed by atoms with E-state index in [1.165, 1.54) is 10.8 Å². The molecule has 44 heavy (non-hydrogen) atoms. The molecule has 2 heterocycles. The van der Waals surface area contributed by atoms with E-state index in [9.17, 15) is 0 Å². The lowest BCUT2D eigenvalue weighted by atomic mass is 9.34. The van der Waals surface area contributed by atoms with Gasteiger partial charge >= 0.3 is 0 Å². The monoisotopic (exact) mass is 563 g/mol. The highest BCUT2D eigenvalue weighted by Gasteiger charge is 2.42. The first-order valence-electron chi connectivity index (χ1n) is 15.0. The van der Waals surface area contributed by atoms with Crippen LogP contribution in [0.15, 0.2) is 158 Å². The van der Waals surface area contributed by atoms with Crippen molar-refractivity contribution in [3.05, 3.63) is 158 Å². The van der Waals surface area contributed by atoms with Crippen molar-refractivity contribution in [3.63, 3.8) is 0 Å². The van der Waals surface area contributed by atoms with Crippen molar-refractivity contribution in [1.82, 2.24) is 0 Å². The summed E-state index contributed by atoms with van der Waals surface area (Å²) in [5.74, 6) is 3.45. The minimum absolute atomic E-state index is 0.0433. The minimum atomic E-state index is -0.0433. The summed E-state index contributed by atoms with van der Waals surface area (Å²) >= 11 is 0. The second-order valence-corrected chi connectivity index (χ2v) is 11.3. The summed E-state index contributed by atoms with van der Waals surface area (Å²) in [6.45, 7) is -0.0433. The molecule has 2 aliphatic rings. The number of anilines is 3. The molecule has 0 atom stereocenters. The van der Waals surface area contributed by atoms with E-state index in [0.29, 0.717) is 0 Å². The van der Waals surface area contributed by atoms with Crippen molar-refractivity contribution in [2.24, 2.45) is 0 Å². The van der Waals surface area contributed by atoms with Gasteiger partial charge in [-0.15, -0.1) is 0 Å². The molecule has 0 aliphatic carbocycles. The van der Waals surface area contributed by atoms with Crippen LogP contribution in [0, 0.1) is 0 Å². The van der Waals surface area contributed by atoms with Gasteiger partial charge in [0.25, 0.3) is 6.71 Å². The topological polar surface area (TPSA) is 21.7 Å². The standard InChI is InChI=1S/C40H26BNO2/c1-4-14-27(15-5-1)30-22-12-23-33-40(30)44-36-25-13-24-35-39(36)41(33)38-32-21-11-10-20-31(32)34(26-37(38)43-35)42(28-16-6-2-7-17-28)29-18-8-3-9-19-29/h1-26H. The summed E-state index contributed by atoms with van der Waals surface area (Å²) in [4.78, 5) is 2.32. The molecule has 7 aromatic rings. The fourth-order valence-corrected chi connectivity index (χ4v) is 6.91. The third-order valence-corrected chi connectivity index (χ3v) is 8.77. The van der Waals surface area contributed by atoms with Gasteiger partial charge in [0.1, 0.15) is 23.0 Å². The van der Waals surface area contributed by atoms with Crippen LogP contribution < -0.4 is 30.8 Å². The minimum Gasteiger partial charge on any atom is -0.458 e. The normalized spacial score (nSPS) is 12.4. The number of ether oxygens (including phenoxy) is 2. The molecular weight excluding hydrogens is 537 g/mol. The Kier molecular flexibility index (Phi) is 5.60. The summed E-state index contributed by atoms with van der Waals surface area (Å²) in [7, 11) is 0. The van der Waals surface area contributed by atoms with Gasteiger partial charge in [-0.05, 0) is 58.3 Å². The van der Waals surface area contributed by atoms with Crippen molar-refractivity contribution >= 4 is 50.9 Å². The van der Waals surface area contributed by atoms with Crippen molar-refractivity contribution in [1.29, 1.82) is 0 Å². The summed E-state index contributed by atoms with van der Waals surface area (Å²) in [6.07, 6.45) is 0. The van der Waals surface area contributed by atoms with Gasteiger partial charge < -0.3 is 14.4 Å². The molecule has 0 unspecified atom stereocenters. The van der Waals surface area contributed by atoms with Crippen LogP contribution in [-0.2, 0) is 0 Å². The van der Waals surface area contributed by atoms with Crippen molar-refractivity contribution in [2.45, 2.75) is 0 Å². The van der Waals surface area contributed by atoms with Gasteiger partial charge in [0.05, 0.1) is 5.69 Å². The van der Waals surface area contributed by atoms with Gasteiger partial charge in [-0.25, -0.2) is 0 Å². The zero-order chi connectivity index (χ0) is 29.0. The number of fused-ring (bicyclic) bond motifs is 6. The molecule has 3 nitrogen and oxygen atoms in total. The third kappa shape index (κ3) is 3.78. The predicted molar refractivity (Wildman–Crippen MR) is 182 cm³/mol. The molecule has 2 aliphatic heterocycles. The molecule has 0 saturated carbocycles. The molecule has 0 saturated heterocycles. The SMILES string of the molecule is c1ccc(-c2cccc3c2Oc2cccc4c2B3c2c(cc(N(c3ccccc3)c3ccccc3)c3ccccc23)O4)cc1. The summed E-state index contributed by atoms with van der Waals surface area (Å²) in [6, 6.07) is 55.2. The Morgan fingerprint density at radius 2 is 1.05 bits per heavy atom.